The van der Waals surface area contributed by atoms with Gasteiger partial charge in [-0.25, -0.2) is 0 Å². The minimum atomic E-state index is -0.273. The fourth-order valence-electron chi connectivity index (χ4n) is 3.57. The summed E-state index contributed by atoms with van der Waals surface area (Å²) in [5, 5.41) is 2.75. The Bertz CT molecular complexity index is 1130. The van der Waals surface area contributed by atoms with Crippen LogP contribution in [0, 0.1) is 0 Å². The number of hydrogen-bond acceptors (Lipinski definition) is 6. The largest absolute Gasteiger partial charge is 0.497 e. The minimum absolute atomic E-state index is 0.0551. The average Bonchev–Trinajstić information content (AvgIpc) is 3.25. The third-order valence-corrected chi connectivity index (χ3v) is 6.50. The quantitative estimate of drug-likeness (QED) is 0.544. The van der Waals surface area contributed by atoms with Gasteiger partial charge in [0.25, 0.3) is 5.91 Å². The summed E-state index contributed by atoms with van der Waals surface area (Å²) in [5.41, 5.74) is 2.87. The molecule has 4 rings (SSSR count). The number of nitrogens with zero attached hydrogens (tertiary/aromatic N) is 1. The van der Waals surface area contributed by atoms with Crippen molar-refractivity contribution in [1.82, 2.24) is 0 Å². The van der Waals surface area contributed by atoms with Crippen molar-refractivity contribution in [2.75, 3.05) is 37.3 Å². The summed E-state index contributed by atoms with van der Waals surface area (Å²) >= 11 is 1.57. The zero-order valence-electron chi connectivity index (χ0n) is 18.5. The molecule has 33 heavy (non-hydrogen) atoms. The zero-order valence-corrected chi connectivity index (χ0v) is 19.3. The van der Waals surface area contributed by atoms with E-state index in [0.29, 0.717) is 28.5 Å². The molecular weight excluding hydrogens is 440 g/mol. The van der Waals surface area contributed by atoms with E-state index in [0.717, 1.165) is 17.0 Å². The van der Waals surface area contributed by atoms with E-state index >= 15 is 0 Å². The van der Waals surface area contributed by atoms with Crippen LogP contribution in [0.5, 0.6) is 17.2 Å². The summed E-state index contributed by atoms with van der Waals surface area (Å²) in [6.07, 6.45) is 0. The molecule has 0 spiro atoms. The lowest BCUT2D eigenvalue weighted by atomic mass is 10.1. The van der Waals surface area contributed by atoms with Gasteiger partial charge in [-0.3, -0.25) is 14.5 Å². The topological polar surface area (TPSA) is 77.1 Å². The monoisotopic (exact) mass is 464 g/mol. The maximum atomic E-state index is 12.7. The van der Waals surface area contributed by atoms with Crippen LogP contribution in [0.1, 0.15) is 21.3 Å². The number of nitrogens with one attached hydrogen (secondary N) is 1. The van der Waals surface area contributed by atoms with Gasteiger partial charge in [-0.15, -0.1) is 11.8 Å². The molecule has 1 aliphatic rings. The Hall–Kier alpha value is -3.65. The molecule has 0 aliphatic carbocycles. The molecule has 7 nitrogen and oxygen atoms in total. The van der Waals surface area contributed by atoms with E-state index in [1.54, 1.807) is 42.0 Å². The van der Waals surface area contributed by atoms with Crippen molar-refractivity contribution in [3.8, 4) is 17.2 Å². The number of carbonyl (C=O) groups is 2. The number of hydrogen-bond donors (Lipinski definition) is 1. The summed E-state index contributed by atoms with van der Waals surface area (Å²) < 4.78 is 15.7. The maximum Gasteiger partial charge on any atom is 0.255 e. The molecule has 3 aromatic carbocycles. The maximum absolute atomic E-state index is 12.7. The van der Waals surface area contributed by atoms with Crippen molar-refractivity contribution < 1.29 is 23.8 Å². The Morgan fingerprint density at radius 3 is 2.06 bits per heavy atom. The number of benzene rings is 3. The predicted molar refractivity (Wildman–Crippen MR) is 130 cm³/mol. The van der Waals surface area contributed by atoms with E-state index in [9.17, 15) is 9.59 Å². The first kappa shape index (κ1) is 22.5. The standard InChI is InChI=1S/C25H24N2O5S/c1-30-20-10-8-19(9-11-20)27-23(28)15-33-25(27)16-4-6-18(7-5-16)26-24(29)17-12-21(31-2)14-22(13-17)32-3/h4-14,25H,15H2,1-3H3,(H,26,29). The van der Waals surface area contributed by atoms with Crippen LogP contribution in [-0.2, 0) is 4.79 Å². The van der Waals surface area contributed by atoms with E-state index in [1.165, 1.54) is 14.2 Å². The molecular formula is C25H24N2O5S. The summed E-state index contributed by atoms with van der Waals surface area (Å²) in [6, 6.07) is 20.0. The highest BCUT2D eigenvalue weighted by atomic mass is 32.2. The number of amides is 2. The second kappa shape index (κ2) is 9.87. The van der Waals surface area contributed by atoms with Crippen molar-refractivity contribution in [3.05, 3.63) is 77.9 Å². The lowest BCUT2D eigenvalue weighted by Gasteiger charge is -2.24. The van der Waals surface area contributed by atoms with E-state index in [2.05, 4.69) is 5.32 Å². The third kappa shape index (κ3) is 4.90. The van der Waals surface area contributed by atoms with Crippen molar-refractivity contribution in [2.45, 2.75) is 5.37 Å². The SMILES string of the molecule is COc1ccc(N2C(=O)CSC2c2ccc(NC(=O)c3cc(OC)cc(OC)c3)cc2)cc1. The molecule has 1 atom stereocenters. The Labute approximate surface area is 196 Å². The molecule has 0 bridgehead atoms. The van der Waals surface area contributed by atoms with Gasteiger partial charge in [0.15, 0.2) is 0 Å². The van der Waals surface area contributed by atoms with Gasteiger partial charge in [-0.1, -0.05) is 12.1 Å². The molecule has 1 aliphatic heterocycles. The highest BCUT2D eigenvalue weighted by Crippen LogP contribution is 2.42. The molecule has 0 saturated carbocycles. The van der Waals surface area contributed by atoms with Gasteiger partial charge >= 0.3 is 0 Å². The molecule has 0 radical (unpaired) electrons. The number of carbonyl (C=O) groups excluding carboxylic acids is 2. The molecule has 8 heteroatoms. The Kier molecular flexibility index (Phi) is 6.74. The normalized spacial score (nSPS) is 15.3. The van der Waals surface area contributed by atoms with Crippen LogP contribution in [0.3, 0.4) is 0 Å². The number of anilines is 2. The molecule has 2 amide bonds. The summed E-state index contributed by atoms with van der Waals surface area (Å²) in [4.78, 5) is 27.1. The van der Waals surface area contributed by atoms with Gasteiger partial charge in [0.1, 0.15) is 22.6 Å². The Balaban J connectivity index is 1.50. The van der Waals surface area contributed by atoms with Gasteiger partial charge in [-0.05, 0) is 54.1 Å². The lowest BCUT2D eigenvalue weighted by Crippen LogP contribution is -2.27. The third-order valence-electron chi connectivity index (χ3n) is 5.29. The van der Waals surface area contributed by atoms with E-state index < -0.39 is 0 Å². The number of rotatable bonds is 7. The Morgan fingerprint density at radius 2 is 1.48 bits per heavy atom. The predicted octanol–water partition coefficient (Wildman–Crippen LogP) is 4.74. The van der Waals surface area contributed by atoms with E-state index in [1.807, 2.05) is 48.5 Å². The number of methoxy groups -OCH3 is 3. The second-order valence-electron chi connectivity index (χ2n) is 7.30. The highest BCUT2D eigenvalue weighted by Gasteiger charge is 2.34. The van der Waals surface area contributed by atoms with Crippen LogP contribution < -0.4 is 24.4 Å². The molecule has 1 N–H and O–H groups in total. The summed E-state index contributed by atoms with van der Waals surface area (Å²) in [5.74, 6) is 2.01. The van der Waals surface area contributed by atoms with Gasteiger partial charge in [0.05, 0.1) is 27.1 Å². The zero-order chi connectivity index (χ0) is 23.4. The fourth-order valence-corrected chi connectivity index (χ4v) is 4.74. The van der Waals surface area contributed by atoms with E-state index in [4.69, 9.17) is 14.2 Å². The molecule has 1 fully saturated rings. The van der Waals surface area contributed by atoms with Crippen molar-refractivity contribution in [3.63, 3.8) is 0 Å². The van der Waals surface area contributed by atoms with Gasteiger partial charge in [0.2, 0.25) is 5.91 Å². The second-order valence-corrected chi connectivity index (χ2v) is 8.37. The molecule has 1 heterocycles. The van der Waals surface area contributed by atoms with Gasteiger partial charge < -0.3 is 19.5 Å². The Morgan fingerprint density at radius 1 is 0.879 bits per heavy atom. The van der Waals surface area contributed by atoms with Crippen molar-refractivity contribution >= 4 is 35.0 Å². The smallest absolute Gasteiger partial charge is 0.255 e. The molecule has 1 unspecified atom stereocenters. The van der Waals surface area contributed by atoms with Crippen LogP contribution in [0.15, 0.2) is 66.7 Å². The molecule has 170 valence electrons. The molecule has 1 saturated heterocycles. The van der Waals surface area contributed by atoms with Crippen molar-refractivity contribution in [1.29, 1.82) is 0 Å². The average molecular weight is 465 g/mol. The lowest BCUT2D eigenvalue weighted by molar-refractivity contribution is -0.115. The van der Waals surface area contributed by atoms with Crippen LogP contribution in [0.2, 0.25) is 0 Å². The van der Waals surface area contributed by atoms with Crippen LogP contribution in [-0.4, -0.2) is 38.9 Å². The van der Waals surface area contributed by atoms with Crippen LogP contribution in [0.25, 0.3) is 0 Å². The first-order chi connectivity index (χ1) is 16.0. The molecule has 0 aromatic heterocycles. The number of ether oxygens (including phenoxy) is 3. The minimum Gasteiger partial charge on any atom is -0.497 e. The summed E-state index contributed by atoms with van der Waals surface area (Å²) in [7, 11) is 4.69. The molecule has 3 aromatic rings. The fraction of sp³-hybridized carbons (Fsp3) is 0.200. The highest BCUT2D eigenvalue weighted by molar-refractivity contribution is 8.00. The number of thioether (sulfide) groups is 1. The van der Waals surface area contributed by atoms with E-state index in [-0.39, 0.29) is 17.2 Å². The van der Waals surface area contributed by atoms with Gasteiger partial charge in [-0.2, -0.15) is 0 Å². The first-order valence-corrected chi connectivity index (χ1v) is 11.3. The first-order valence-electron chi connectivity index (χ1n) is 10.2. The van der Waals surface area contributed by atoms with Crippen LogP contribution in [0.4, 0.5) is 11.4 Å². The summed E-state index contributed by atoms with van der Waals surface area (Å²) in [6.45, 7) is 0. The van der Waals surface area contributed by atoms with Crippen molar-refractivity contribution in [2.24, 2.45) is 0 Å². The van der Waals surface area contributed by atoms with Crippen LogP contribution >= 0.6 is 11.8 Å². The van der Waals surface area contributed by atoms with Gasteiger partial charge in [0, 0.05) is 23.0 Å².